The second kappa shape index (κ2) is 6.18. The molecule has 2 aromatic rings. The van der Waals surface area contributed by atoms with Gasteiger partial charge in [0.25, 0.3) is 5.91 Å². The van der Waals surface area contributed by atoms with E-state index in [0.29, 0.717) is 5.92 Å². The molecule has 1 saturated carbocycles. The molecule has 6 nitrogen and oxygen atoms in total. The van der Waals surface area contributed by atoms with Gasteiger partial charge in [0.1, 0.15) is 0 Å². The summed E-state index contributed by atoms with van der Waals surface area (Å²) in [5.74, 6) is 0.463. The van der Waals surface area contributed by atoms with E-state index in [9.17, 15) is 4.79 Å². The van der Waals surface area contributed by atoms with Crippen molar-refractivity contribution in [3.05, 3.63) is 34.9 Å². The standard InChI is InChI=1S/C17H23N5O/c23-17(20-13-7-6-12-9-18-21-15(12)8-13)14-10-19-22-16(14)11-4-2-1-3-5-11/h9-11,13H,1-8H2,(H,18,21)(H,19,22)(H,20,23)/t13-/m1/s1. The minimum absolute atomic E-state index is 0.00675. The van der Waals surface area contributed by atoms with E-state index < -0.39 is 0 Å². The number of amides is 1. The molecule has 122 valence electrons. The Kier molecular flexibility index (Phi) is 3.89. The minimum atomic E-state index is 0.00675. The van der Waals surface area contributed by atoms with Gasteiger partial charge in [-0.3, -0.25) is 15.0 Å². The second-order valence-electron chi connectivity index (χ2n) is 6.82. The molecular weight excluding hydrogens is 290 g/mol. The Labute approximate surface area is 135 Å². The van der Waals surface area contributed by atoms with E-state index in [0.717, 1.165) is 49.1 Å². The van der Waals surface area contributed by atoms with Crippen LogP contribution in [0.3, 0.4) is 0 Å². The summed E-state index contributed by atoms with van der Waals surface area (Å²) < 4.78 is 0. The van der Waals surface area contributed by atoms with E-state index in [1.54, 1.807) is 6.20 Å². The maximum Gasteiger partial charge on any atom is 0.254 e. The number of nitrogens with zero attached hydrogens (tertiary/aromatic N) is 2. The molecule has 0 aliphatic heterocycles. The lowest BCUT2D eigenvalue weighted by molar-refractivity contribution is 0.0931. The van der Waals surface area contributed by atoms with Crippen molar-refractivity contribution in [1.82, 2.24) is 25.7 Å². The first-order chi connectivity index (χ1) is 11.3. The lowest BCUT2D eigenvalue weighted by atomic mass is 9.85. The number of aromatic amines is 2. The molecule has 0 aromatic carbocycles. The molecule has 0 spiro atoms. The van der Waals surface area contributed by atoms with Gasteiger partial charge in [-0.2, -0.15) is 10.2 Å². The molecule has 1 amide bonds. The molecule has 1 fully saturated rings. The van der Waals surface area contributed by atoms with E-state index in [-0.39, 0.29) is 11.9 Å². The number of aryl methyl sites for hydroxylation is 1. The Morgan fingerprint density at radius 3 is 2.78 bits per heavy atom. The number of fused-ring (bicyclic) bond motifs is 1. The minimum Gasteiger partial charge on any atom is -0.349 e. The van der Waals surface area contributed by atoms with Crippen LogP contribution in [0.5, 0.6) is 0 Å². The number of H-pyrrole nitrogens is 2. The first-order valence-corrected chi connectivity index (χ1v) is 8.66. The Hall–Kier alpha value is -2.11. The molecule has 1 atom stereocenters. The highest BCUT2D eigenvalue weighted by molar-refractivity contribution is 5.95. The predicted molar refractivity (Wildman–Crippen MR) is 86.3 cm³/mol. The zero-order valence-corrected chi connectivity index (χ0v) is 13.3. The number of carbonyl (C=O) groups is 1. The van der Waals surface area contributed by atoms with E-state index in [4.69, 9.17) is 0 Å². The molecule has 6 heteroatoms. The Morgan fingerprint density at radius 1 is 1.09 bits per heavy atom. The molecule has 0 radical (unpaired) electrons. The summed E-state index contributed by atoms with van der Waals surface area (Å²) >= 11 is 0. The zero-order chi connectivity index (χ0) is 15.6. The van der Waals surface area contributed by atoms with Gasteiger partial charge in [0, 0.05) is 24.1 Å². The highest BCUT2D eigenvalue weighted by atomic mass is 16.1. The number of nitrogens with one attached hydrogen (secondary N) is 3. The number of hydrogen-bond acceptors (Lipinski definition) is 3. The zero-order valence-electron chi connectivity index (χ0n) is 13.3. The summed E-state index contributed by atoms with van der Waals surface area (Å²) in [5, 5.41) is 17.5. The van der Waals surface area contributed by atoms with Gasteiger partial charge >= 0.3 is 0 Å². The number of aromatic nitrogens is 4. The first kappa shape index (κ1) is 14.5. The summed E-state index contributed by atoms with van der Waals surface area (Å²) in [5.41, 5.74) is 4.19. The van der Waals surface area contributed by atoms with E-state index in [2.05, 4.69) is 25.7 Å². The average molecular weight is 313 g/mol. The van der Waals surface area contributed by atoms with Crippen molar-refractivity contribution in [3.8, 4) is 0 Å². The van der Waals surface area contributed by atoms with Crippen molar-refractivity contribution in [1.29, 1.82) is 0 Å². The van der Waals surface area contributed by atoms with Crippen LogP contribution in [0.1, 0.15) is 71.8 Å². The highest BCUT2D eigenvalue weighted by Gasteiger charge is 2.26. The van der Waals surface area contributed by atoms with Gasteiger partial charge in [0.2, 0.25) is 0 Å². The lowest BCUT2D eigenvalue weighted by Crippen LogP contribution is -2.39. The predicted octanol–water partition coefficient (Wildman–Crippen LogP) is 2.47. The van der Waals surface area contributed by atoms with Crippen LogP contribution in [0, 0.1) is 0 Å². The van der Waals surface area contributed by atoms with Crippen molar-refractivity contribution >= 4 is 5.91 Å². The summed E-state index contributed by atoms with van der Waals surface area (Å²) in [6, 6.07) is 0.171. The van der Waals surface area contributed by atoms with Gasteiger partial charge in [-0.15, -0.1) is 0 Å². The third-order valence-corrected chi connectivity index (χ3v) is 5.28. The Morgan fingerprint density at radius 2 is 1.91 bits per heavy atom. The van der Waals surface area contributed by atoms with Gasteiger partial charge in [-0.25, -0.2) is 0 Å². The normalized spacial score (nSPS) is 21.8. The highest BCUT2D eigenvalue weighted by Crippen LogP contribution is 2.33. The fourth-order valence-electron chi connectivity index (χ4n) is 3.97. The molecule has 0 bridgehead atoms. The molecule has 2 aliphatic carbocycles. The SMILES string of the molecule is O=C(N[C@@H]1CCc2cn[nH]c2C1)c1cn[nH]c1C1CCCCC1. The van der Waals surface area contributed by atoms with Crippen LogP contribution in [0.4, 0.5) is 0 Å². The Balaban J connectivity index is 1.45. The van der Waals surface area contributed by atoms with Gasteiger partial charge in [-0.1, -0.05) is 19.3 Å². The molecule has 2 aliphatic rings. The third-order valence-electron chi connectivity index (χ3n) is 5.28. The van der Waals surface area contributed by atoms with Gasteiger partial charge in [0.15, 0.2) is 0 Å². The molecule has 4 rings (SSSR count). The molecule has 2 heterocycles. The average Bonchev–Trinajstić information content (AvgIpc) is 3.24. The third kappa shape index (κ3) is 2.90. The number of rotatable bonds is 3. The number of hydrogen-bond donors (Lipinski definition) is 3. The van der Waals surface area contributed by atoms with E-state index >= 15 is 0 Å². The summed E-state index contributed by atoms with van der Waals surface area (Å²) in [7, 11) is 0. The van der Waals surface area contributed by atoms with Gasteiger partial charge in [0.05, 0.1) is 23.7 Å². The van der Waals surface area contributed by atoms with Crippen LogP contribution in [0.2, 0.25) is 0 Å². The van der Waals surface area contributed by atoms with Crippen molar-refractivity contribution in [2.24, 2.45) is 0 Å². The molecule has 23 heavy (non-hydrogen) atoms. The lowest BCUT2D eigenvalue weighted by Gasteiger charge is -2.24. The van der Waals surface area contributed by atoms with Crippen LogP contribution in [-0.4, -0.2) is 32.3 Å². The van der Waals surface area contributed by atoms with Gasteiger partial charge in [-0.05, 0) is 31.2 Å². The van der Waals surface area contributed by atoms with Crippen LogP contribution >= 0.6 is 0 Å². The van der Waals surface area contributed by atoms with Crippen molar-refractivity contribution in [3.63, 3.8) is 0 Å². The molecule has 2 aromatic heterocycles. The summed E-state index contributed by atoms with van der Waals surface area (Å²) in [6.45, 7) is 0. The molecule has 0 saturated heterocycles. The summed E-state index contributed by atoms with van der Waals surface area (Å²) in [6.07, 6.45) is 12.5. The topological polar surface area (TPSA) is 86.5 Å². The first-order valence-electron chi connectivity index (χ1n) is 8.66. The maximum absolute atomic E-state index is 12.7. The fourth-order valence-corrected chi connectivity index (χ4v) is 3.97. The van der Waals surface area contributed by atoms with Crippen LogP contribution in [-0.2, 0) is 12.8 Å². The van der Waals surface area contributed by atoms with Crippen LogP contribution < -0.4 is 5.32 Å². The smallest absolute Gasteiger partial charge is 0.254 e. The second-order valence-corrected chi connectivity index (χ2v) is 6.82. The number of carbonyl (C=O) groups excluding carboxylic acids is 1. The molecule has 0 unspecified atom stereocenters. The van der Waals surface area contributed by atoms with Crippen molar-refractivity contribution < 1.29 is 4.79 Å². The maximum atomic E-state index is 12.7. The van der Waals surface area contributed by atoms with Gasteiger partial charge < -0.3 is 5.32 Å². The molecular formula is C17H23N5O. The van der Waals surface area contributed by atoms with E-state index in [1.165, 1.54) is 24.8 Å². The van der Waals surface area contributed by atoms with Crippen LogP contribution in [0.25, 0.3) is 0 Å². The quantitative estimate of drug-likeness (QED) is 0.813. The van der Waals surface area contributed by atoms with Crippen LogP contribution in [0.15, 0.2) is 12.4 Å². The summed E-state index contributed by atoms with van der Waals surface area (Å²) in [4.78, 5) is 12.7. The fraction of sp³-hybridized carbons (Fsp3) is 0.588. The van der Waals surface area contributed by atoms with Crippen molar-refractivity contribution in [2.75, 3.05) is 0 Å². The monoisotopic (exact) mass is 313 g/mol. The van der Waals surface area contributed by atoms with Crippen molar-refractivity contribution in [2.45, 2.75) is 63.3 Å². The molecule has 3 N–H and O–H groups in total. The Bertz CT molecular complexity index is 683. The van der Waals surface area contributed by atoms with E-state index in [1.807, 2.05) is 6.20 Å². The largest absolute Gasteiger partial charge is 0.349 e.